The van der Waals surface area contributed by atoms with Crippen LogP contribution >= 0.6 is 11.3 Å². The van der Waals surface area contributed by atoms with Crippen LogP contribution in [-0.2, 0) is 6.54 Å². The van der Waals surface area contributed by atoms with E-state index in [1.54, 1.807) is 11.3 Å². The van der Waals surface area contributed by atoms with Crippen molar-refractivity contribution in [2.24, 2.45) is 17.6 Å². The fourth-order valence-electron chi connectivity index (χ4n) is 2.72. The van der Waals surface area contributed by atoms with Crippen LogP contribution < -0.4 is 10.6 Å². The van der Waals surface area contributed by atoms with E-state index in [1.165, 1.54) is 6.42 Å². The van der Waals surface area contributed by atoms with Crippen molar-refractivity contribution in [1.29, 1.82) is 0 Å². The zero-order valence-electron chi connectivity index (χ0n) is 11.0. The topological polar surface area (TPSA) is 46.6 Å². The second-order valence-corrected chi connectivity index (χ2v) is 6.20. The summed E-state index contributed by atoms with van der Waals surface area (Å²) in [6.45, 7) is 7.42. The molecule has 2 aromatic heterocycles. The van der Waals surface area contributed by atoms with Gasteiger partial charge in [0.25, 0.3) is 0 Å². The molecule has 0 radical (unpaired) electrons. The fraction of sp³-hybridized carbons (Fsp3) is 0.615. The summed E-state index contributed by atoms with van der Waals surface area (Å²) < 4.78 is 2.13. The third kappa shape index (κ3) is 1.82. The van der Waals surface area contributed by atoms with Gasteiger partial charge < -0.3 is 10.6 Å². The summed E-state index contributed by atoms with van der Waals surface area (Å²) >= 11 is 1.67. The lowest BCUT2D eigenvalue weighted by Crippen LogP contribution is -2.39. The maximum Gasteiger partial charge on any atom is 0.195 e. The molecule has 4 nitrogen and oxygen atoms in total. The van der Waals surface area contributed by atoms with Crippen molar-refractivity contribution in [3.05, 3.63) is 17.3 Å². The largest absolute Gasteiger partial charge is 0.355 e. The van der Waals surface area contributed by atoms with E-state index >= 15 is 0 Å². The van der Waals surface area contributed by atoms with Gasteiger partial charge in [0.15, 0.2) is 10.8 Å². The number of imidazole rings is 1. The molecule has 1 aliphatic heterocycles. The van der Waals surface area contributed by atoms with Crippen LogP contribution in [0.5, 0.6) is 0 Å². The van der Waals surface area contributed by atoms with Gasteiger partial charge in [0.2, 0.25) is 0 Å². The summed E-state index contributed by atoms with van der Waals surface area (Å²) in [6.07, 6.45) is 3.31. The first kappa shape index (κ1) is 12.0. The Bertz CT molecular complexity index is 544. The van der Waals surface area contributed by atoms with E-state index in [9.17, 15) is 0 Å². The Kier molecular flexibility index (Phi) is 3.03. The van der Waals surface area contributed by atoms with Gasteiger partial charge in [-0.25, -0.2) is 4.98 Å². The summed E-state index contributed by atoms with van der Waals surface area (Å²) in [5.41, 5.74) is 7.05. The van der Waals surface area contributed by atoms with Gasteiger partial charge in [-0.1, -0.05) is 13.8 Å². The molecule has 18 heavy (non-hydrogen) atoms. The predicted octanol–water partition coefficient (Wildman–Crippen LogP) is 2.34. The van der Waals surface area contributed by atoms with Crippen LogP contribution in [0.3, 0.4) is 0 Å². The summed E-state index contributed by atoms with van der Waals surface area (Å²) in [4.78, 5) is 8.22. The number of rotatable bonds is 2. The van der Waals surface area contributed by atoms with Crippen molar-refractivity contribution in [3.8, 4) is 0 Å². The van der Waals surface area contributed by atoms with Gasteiger partial charge in [0, 0.05) is 31.2 Å². The minimum absolute atomic E-state index is 0.549. The predicted molar refractivity (Wildman–Crippen MR) is 76.1 cm³/mol. The number of hydrogen-bond acceptors (Lipinski definition) is 4. The molecule has 0 aromatic carbocycles. The second-order valence-electron chi connectivity index (χ2n) is 5.33. The Morgan fingerprint density at radius 3 is 3.00 bits per heavy atom. The van der Waals surface area contributed by atoms with E-state index < -0.39 is 0 Å². The first-order valence-corrected chi connectivity index (χ1v) is 7.48. The van der Waals surface area contributed by atoms with Crippen molar-refractivity contribution < 1.29 is 0 Å². The molecule has 0 aliphatic carbocycles. The number of aromatic nitrogens is 2. The molecule has 0 spiro atoms. The van der Waals surface area contributed by atoms with Crippen LogP contribution in [0.15, 0.2) is 11.6 Å². The molecular formula is C13H20N4S. The first-order chi connectivity index (χ1) is 8.70. The molecule has 1 saturated heterocycles. The molecule has 0 saturated carbocycles. The Hall–Kier alpha value is -1.07. The monoisotopic (exact) mass is 264 g/mol. The molecule has 2 unspecified atom stereocenters. The van der Waals surface area contributed by atoms with E-state index in [-0.39, 0.29) is 0 Å². The second kappa shape index (κ2) is 4.55. The maximum absolute atomic E-state index is 5.91. The standard InChI is InChI=1S/C13H20N4S/c1-9-3-4-16(8-10(9)2)12-11(7-14)17-5-6-18-13(17)15-12/h5-6,9-10H,3-4,7-8,14H2,1-2H3. The third-order valence-corrected chi connectivity index (χ3v) is 4.92. The molecule has 3 heterocycles. The number of piperidine rings is 1. The Morgan fingerprint density at radius 2 is 2.28 bits per heavy atom. The highest BCUT2D eigenvalue weighted by atomic mass is 32.1. The fourth-order valence-corrected chi connectivity index (χ4v) is 3.45. The highest BCUT2D eigenvalue weighted by molar-refractivity contribution is 7.15. The molecule has 0 amide bonds. The lowest BCUT2D eigenvalue weighted by molar-refractivity contribution is 0.322. The lowest BCUT2D eigenvalue weighted by Gasteiger charge is -2.35. The maximum atomic E-state index is 5.91. The van der Waals surface area contributed by atoms with Crippen molar-refractivity contribution >= 4 is 22.1 Å². The van der Waals surface area contributed by atoms with Crippen LogP contribution in [0.4, 0.5) is 5.82 Å². The van der Waals surface area contributed by atoms with Crippen molar-refractivity contribution in [3.63, 3.8) is 0 Å². The molecule has 1 fully saturated rings. The van der Waals surface area contributed by atoms with Crippen LogP contribution in [0.25, 0.3) is 4.96 Å². The normalized spacial score (nSPS) is 24.9. The van der Waals surface area contributed by atoms with Gasteiger partial charge >= 0.3 is 0 Å². The number of thiazole rings is 1. The van der Waals surface area contributed by atoms with Crippen molar-refractivity contribution in [1.82, 2.24) is 9.38 Å². The average molecular weight is 264 g/mol. The molecule has 2 N–H and O–H groups in total. The van der Waals surface area contributed by atoms with Gasteiger partial charge in [0.05, 0.1) is 5.69 Å². The summed E-state index contributed by atoms with van der Waals surface area (Å²) in [7, 11) is 0. The molecule has 1 aliphatic rings. The third-order valence-electron chi connectivity index (χ3n) is 4.17. The molecule has 2 aromatic rings. The quantitative estimate of drug-likeness (QED) is 0.905. The SMILES string of the molecule is CC1CCN(c2nc3sccn3c2CN)CC1C. The van der Waals surface area contributed by atoms with Gasteiger partial charge in [-0.05, 0) is 18.3 Å². The van der Waals surface area contributed by atoms with Crippen LogP contribution in [0.2, 0.25) is 0 Å². The number of anilines is 1. The number of nitrogens with two attached hydrogens (primary N) is 1. The van der Waals surface area contributed by atoms with Gasteiger partial charge in [0.1, 0.15) is 0 Å². The molecule has 98 valence electrons. The average Bonchev–Trinajstić information content (AvgIpc) is 2.92. The molecular weight excluding hydrogens is 244 g/mol. The van der Waals surface area contributed by atoms with Crippen LogP contribution in [-0.4, -0.2) is 22.5 Å². The molecule has 2 atom stereocenters. The van der Waals surface area contributed by atoms with E-state index in [1.807, 2.05) is 0 Å². The molecule has 3 rings (SSSR count). The molecule has 0 bridgehead atoms. The summed E-state index contributed by atoms with van der Waals surface area (Å²) in [6, 6.07) is 0. The smallest absolute Gasteiger partial charge is 0.195 e. The van der Waals surface area contributed by atoms with Gasteiger partial charge in [-0.2, -0.15) is 0 Å². The Labute approximate surface area is 111 Å². The highest BCUT2D eigenvalue weighted by Crippen LogP contribution is 2.30. The van der Waals surface area contributed by atoms with E-state index in [2.05, 4.69) is 34.7 Å². The molecule has 5 heteroatoms. The highest BCUT2D eigenvalue weighted by Gasteiger charge is 2.26. The van der Waals surface area contributed by atoms with Gasteiger partial charge in [-0.3, -0.25) is 4.40 Å². The minimum Gasteiger partial charge on any atom is -0.355 e. The number of hydrogen-bond donors (Lipinski definition) is 1. The van der Waals surface area contributed by atoms with Crippen LogP contribution in [0.1, 0.15) is 26.0 Å². The van der Waals surface area contributed by atoms with E-state index in [0.29, 0.717) is 6.54 Å². The van der Waals surface area contributed by atoms with E-state index in [4.69, 9.17) is 10.7 Å². The van der Waals surface area contributed by atoms with Crippen molar-refractivity contribution in [2.45, 2.75) is 26.8 Å². The zero-order chi connectivity index (χ0) is 12.7. The van der Waals surface area contributed by atoms with E-state index in [0.717, 1.165) is 41.4 Å². The number of nitrogens with zero attached hydrogens (tertiary/aromatic N) is 3. The Balaban J connectivity index is 1.96. The summed E-state index contributed by atoms with van der Waals surface area (Å²) in [5.74, 6) is 2.64. The zero-order valence-corrected chi connectivity index (χ0v) is 11.8. The van der Waals surface area contributed by atoms with Crippen molar-refractivity contribution in [2.75, 3.05) is 18.0 Å². The van der Waals surface area contributed by atoms with Crippen LogP contribution in [0, 0.1) is 11.8 Å². The number of fused-ring (bicyclic) bond motifs is 1. The lowest BCUT2D eigenvalue weighted by atomic mass is 9.89. The minimum atomic E-state index is 0.549. The van der Waals surface area contributed by atoms with Gasteiger partial charge in [-0.15, -0.1) is 11.3 Å². The first-order valence-electron chi connectivity index (χ1n) is 6.60. The summed E-state index contributed by atoms with van der Waals surface area (Å²) in [5, 5.41) is 2.06. The Morgan fingerprint density at radius 1 is 1.44 bits per heavy atom.